The second-order valence-electron chi connectivity index (χ2n) is 2.74. The van der Waals surface area contributed by atoms with E-state index in [0.29, 0.717) is 10.6 Å². The van der Waals surface area contributed by atoms with Gasteiger partial charge in [-0.25, -0.2) is 0 Å². The molecule has 66 valence electrons. The average Bonchev–Trinajstić information content (AvgIpc) is 2.19. The molecule has 0 unspecified atom stereocenters. The van der Waals surface area contributed by atoms with E-state index in [4.69, 9.17) is 16.3 Å². The Morgan fingerprint density at radius 2 is 2.15 bits per heavy atom. The number of aldehydes is 1. The fourth-order valence-electron chi connectivity index (χ4n) is 1.25. The molecule has 0 radical (unpaired) electrons. The largest absolute Gasteiger partial charge is 0.488 e. The monoisotopic (exact) mass is 194 g/mol. The Bertz CT molecular complexity index is 382. The van der Waals surface area contributed by atoms with E-state index in [2.05, 4.69) is 0 Å². The number of hydrogen-bond donors (Lipinski definition) is 0. The Kier molecular flexibility index (Phi) is 2.07. The third-order valence-electron chi connectivity index (χ3n) is 1.93. The Hall–Kier alpha value is -1.28. The predicted octanol–water partition coefficient (Wildman–Crippen LogP) is 2.23. The molecule has 0 saturated heterocycles. The number of benzene rings is 1. The molecule has 13 heavy (non-hydrogen) atoms. The zero-order valence-corrected chi connectivity index (χ0v) is 7.54. The Labute approximate surface area is 80.8 Å². The second-order valence-corrected chi connectivity index (χ2v) is 3.12. The summed E-state index contributed by atoms with van der Waals surface area (Å²) in [6.07, 6.45) is 0.734. The third-order valence-corrected chi connectivity index (χ3v) is 2.38. The summed E-state index contributed by atoms with van der Waals surface area (Å²) in [5.41, 5.74) is 1.29. The van der Waals surface area contributed by atoms with Gasteiger partial charge < -0.3 is 4.74 Å². The number of carbonyl (C=O) groups is 1. The summed E-state index contributed by atoms with van der Waals surface area (Å²) in [5, 5.41) is 0.497. The van der Waals surface area contributed by atoms with Crippen molar-refractivity contribution < 1.29 is 9.53 Å². The minimum Gasteiger partial charge on any atom is -0.488 e. The van der Waals surface area contributed by atoms with Crippen LogP contribution in [0.3, 0.4) is 0 Å². The molecule has 0 aromatic heterocycles. The Balaban J connectivity index is 2.58. The van der Waals surface area contributed by atoms with Gasteiger partial charge in [-0.1, -0.05) is 23.7 Å². The molecule has 0 amide bonds. The zero-order chi connectivity index (χ0) is 9.26. The topological polar surface area (TPSA) is 26.3 Å². The summed E-state index contributed by atoms with van der Waals surface area (Å²) >= 11 is 5.98. The number of ether oxygens (including phenoxy) is 1. The number of carbonyl (C=O) groups excluding carboxylic acids is 1. The molecule has 1 aliphatic rings. The summed E-state index contributed by atoms with van der Waals surface area (Å²) in [5.74, 6) is 0.734. The van der Waals surface area contributed by atoms with Gasteiger partial charge in [-0.05, 0) is 12.1 Å². The van der Waals surface area contributed by atoms with Gasteiger partial charge in [0, 0.05) is 11.1 Å². The summed E-state index contributed by atoms with van der Waals surface area (Å²) in [7, 11) is 0. The van der Waals surface area contributed by atoms with Gasteiger partial charge in [0.25, 0.3) is 0 Å². The van der Waals surface area contributed by atoms with Crippen molar-refractivity contribution in [1.82, 2.24) is 0 Å². The van der Waals surface area contributed by atoms with Crippen molar-refractivity contribution in [3.05, 3.63) is 35.4 Å². The van der Waals surface area contributed by atoms with Crippen molar-refractivity contribution in [1.29, 1.82) is 0 Å². The van der Waals surface area contributed by atoms with Gasteiger partial charge in [-0.3, -0.25) is 4.79 Å². The normalized spacial score (nSPS) is 14.8. The summed E-state index contributed by atoms with van der Waals surface area (Å²) in [6, 6.07) is 7.40. The molecule has 2 rings (SSSR count). The number of hydrogen-bond acceptors (Lipinski definition) is 2. The second kappa shape index (κ2) is 3.23. The highest BCUT2D eigenvalue weighted by atomic mass is 35.5. The van der Waals surface area contributed by atoms with Gasteiger partial charge in [0.05, 0.1) is 5.03 Å². The lowest BCUT2D eigenvalue weighted by Crippen LogP contribution is -2.10. The lowest BCUT2D eigenvalue weighted by Gasteiger charge is -2.17. The lowest BCUT2D eigenvalue weighted by atomic mass is 10.1. The van der Waals surface area contributed by atoms with Crippen LogP contribution in [0.4, 0.5) is 0 Å². The van der Waals surface area contributed by atoms with E-state index in [1.54, 1.807) is 0 Å². The molecule has 1 heterocycles. The van der Waals surface area contributed by atoms with Crippen LogP contribution >= 0.6 is 11.6 Å². The molecule has 0 N–H and O–H groups in total. The van der Waals surface area contributed by atoms with Crippen molar-refractivity contribution in [2.75, 3.05) is 6.61 Å². The standard InChI is InChI=1S/C10H7ClO2/c11-10-7(5-12)6-13-9-4-2-1-3-8(9)10/h1-5H,6H2. The van der Waals surface area contributed by atoms with Crippen LogP contribution in [0.1, 0.15) is 5.56 Å². The van der Waals surface area contributed by atoms with Crippen LogP contribution in [-0.2, 0) is 4.79 Å². The first-order valence-electron chi connectivity index (χ1n) is 3.89. The van der Waals surface area contributed by atoms with E-state index in [-0.39, 0.29) is 6.61 Å². The van der Waals surface area contributed by atoms with E-state index in [1.807, 2.05) is 24.3 Å². The maximum Gasteiger partial charge on any atom is 0.150 e. The SMILES string of the molecule is O=CC1=C(Cl)c2ccccc2OC1. The van der Waals surface area contributed by atoms with Gasteiger partial charge in [-0.15, -0.1) is 0 Å². The van der Waals surface area contributed by atoms with Crippen LogP contribution < -0.4 is 4.74 Å². The molecule has 0 saturated carbocycles. The van der Waals surface area contributed by atoms with Gasteiger partial charge >= 0.3 is 0 Å². The maximum absolute atomic E-state index is 10.6. The van der Waals surface area contributed by atoms with E-state index < -0.39 is 0 Å². The number of rotatable bonds is 1. The van der Waals surface area contributed by atoms with Crippen LogP contribution in [0, 0.1) is 0 Å². The van der Waals surface area contributed by atoms with Crippen molar-refractivity contribution in [3.63, 3.8) is 0 Å². The maximum atomic E-state index is 10.6. The molecule has 3 heteroatoms. The molecule has 0 atom stereocenters. The molecular formula is C10H7ClO2. The van der Waals surface area contributed by atoms with Gasteiger partial charge in [0.2, 0.25) is 0 Å². The van der Waals surface area contributed by atoms with Crippen molar-refractivity contribution >= 4 is 22.9 Å². The number of fused-ring (bicyclic) bond motifs is 1. The first-order chi connectivity index (χ1) is 6.33. The third kappa shape index (κ3) is 1.33. The smallest absolute Gasteiger partial charge is 0.150 e. The van der Waals surface area contributed by atoms with Crippen LogP contribution in [0.2, 0.25) is 0 Å². The fourth-order valence-corrected chi connectivity index (χ4v) is 1.51. The summed E-state index contributed by atoms with van der Waals surface area (Å²) in [6.45, 7) is 0.263. The first-order valence-corrected chi connectivity index (χ1v) is 4.27. The zero-order valence-electron chi connectivity index (χ0n) is 6.79. The van der Waals surface area contributed by atoms with Crippen molar-refractivity contribution in [2.24, 2.45) is 0 Å². The predicted molar refractivity (Wildman–Crippen MR) is 50.8 cm³/mol. The lowest BCUT2D eigenvalue weighted by molar-refractivity contribution is -0.105. The molecular weight excluding hydrogens is 188 g/mol. The highest BCUT2D eigenvalue weighted by Gasteiger charge is 2.17. The molecule has 2 nitrogen and oxygen atoms in total. The van der Waals surface area contributed by atoms with Crippen molar-refractivity contribution in [3.8, 4) is 5.75 Å². The molecule has 0 spiro atoms. The highest BCUT2D eigenvalue weighted by Crippen LogP contribution is 2.34. The Morgan fingerprint density at radius 3 is 2.92 bits per heavy atom. The number of para-hydroxylation sites is 1. The van der Waals surface area contributed by atoms with Gasteiger partial charge in [0.15, 0.2) is 6.29 Å². The molecule has 1 aromatic carbocycles. The minimum atomic E-state index is 0.263. The summed E-state index contributed by atoms with van der Waals surface area (Å²) < 4.78 is 5.32. The van der Waals surface area contributed by atoms with Gasteiger partial charge in [-0.2, -0.15) is 0 Å². The first kappa shape index (κ1) is 8.32. The van der Waals surface area contributed by atoms with Crippen LogP contribution in [0.15, 0.2) is 29.8 Å². The van der Waals surface area contributed by atoms with E-state index in [1.165, 1.54) is 0 Å². The fraction of sp³-hybridized carbons (Fsp3) is 0.100. The molecule has 0 aliphatic carbocycles. The molecule has 0 fully saturated rings. The molecule has 0 bridgehead atoms. The molecule has 1 aromatic rings. The van der Waals surface area contributed by atoms with Crippen molar-refractivity contribution in [2.45, 2.75) is 0 Å². The highest BCUT2D eigenvalue weighted by molar-refractivity contribution is 6.51. The van der Waals surface area contributed by atoms with Gasteiger partial charge in [0.1, 0.15) is 12.4 Å². The number of halogens is 1. The minimum absolute atomic E-state index is 0.263. The van der Waals surface area contributed by atoms with Crippen LogP contribution in [0.25, 0.3) is 5.03 Å². The van der Waals surface area contributed by atoms with Crippen LogP contribution in [0.5, 0.6) is 5.75 Å². The average molecular weight is 195 g/mol. The Morgan fingerprint density at radius 1 is 1.38 bits per heavy atom. The quantitative estimate of drug-likeness (QED) is 0.641. The summed E-state index contributed by atoms with van der Waals surface area (Å²) in [4.78, 5) is 10.6. The van der Waals surface area contributed by atoms with Crippen LogP contribution in [-0.4, -0.2) is 12.9 Å². The van der Waals surface area contributed by atoms with E-state index in [0.717, 1.165) is 17.6 Å². The van der Waals surface area contributed by atoms with E-state index >= 15 is 0 Å². The molecule has 1 aliphatic heterocycles. The van der Waals surface area contributed by atoms with E-state index in [9.17, 15) is 4.79 Å².